The standard InChI is InChI=1S/C22H28N2O5S/c1-15(16-11-12-20(28-2)21(14-16)29-3)23-22(25)17-7-6-10-19(13-17)30(26,27)24-18-8-4-5-9-18/h6-7,10-15,18,24H,4-5,8-9H2,1-3H3,(H,23,25). The number of ether oxygens (including phenoxy) is 2. The molecule has 162 valence electrons. The fraction of sp³-hybridized carbons (Fsp3) is 0.409. The fourth-order valence-corrected chi connectivity index (χ4v) is 4.97. The molecule has 0 heterocycles. The summed E-state index contributed by atoms with van der Waals surface area (Å²) in [5.41, 5.74) is 1.13. The maximum Gasteiger partial charge on any atom is 0.251 e. The van der Waals surface area contributed by atoms with Crippen molar-refractivity contribution in [1.82, 2.24) is 10.0 Å². The largest absolute Gasteiger partial charge is 0.493 e. The van der Waals surface area contributed by atoms with E-state index in [4.69, 9.17) is 9.47 Å². The maximum atomic E-state index is 12.7. The molecule has 2 N–H and O–H groups in total. The summed E-state index contributed by atoms with van der Waals surface area (Å²) in [7, 11) is -0.545. The Morgan fingerprint density at radius 2 is 1.73 bits per heavy atom. The minimum absolute atomic E-state index is 0.0300. The zero-order valence-corrected chi connectivity index (χ0v) is 18.3. The molecule has 30 heavy (non-hydrogen) atoms. The quantitative estimate of drug-likeness (QED) is 0.667. The number of carbonyl (C=O) groups excluding carboxylic acids is 1. The summed E-state index contributed by atoms with van der Waals surface area (Å²) in [6.45, 7) is 1.85. The number of hydrogen-bond acceptors (Lipinski definition) is 5. The van der Waals surface area contributed by atoms with Gasteiger partial charge in [0.25, 0.3) is 5.91 Å². The summed E-state index contributed by atoms with van der Waals surface area (Å²) in [6.07, 6.45) is 3.76. The first kappa shape index (κ1) is 22.1. The first-order valence-corrected chi connectivity index (χ1v) is 11.5. The van der Waals surface area contributed by atoms with Crippen LogP contribution < -0.4 is 19.5 Å². The number of sulfonamides is 1. The lowest BCUT2D eigenvalue weighted by Gasteiger charge is -2.17. The van der Waals surface area contributed by atoms with Crippen LogP contribution in [-0.2, 0) is 10.0 Å². The van der Waals surface area contributed by atoms with Crippen LogP contribution in [0.15, 0.2) is 47.4 Å². The number of amides is 1. The molecule has 3 rings (SSSR count). The van der Waals surface area contributed by atoms with Gasteiger partial charge in [0.15, 0.2) is 11.5 Å². The summed E-state index contributed by atoms with van der Waals surface area (Å²) in [5.74, 6) is 0.824. The highest BCUT2D eigenvalue weighted by atomic mass is 32.2. The number of benzene rings is 2. The Balaban J connectivity index is 1.73. The Morgan fingerprint density at radius 1 is 1.03 bits per heavy atom. The van der Waals surface area contributed by atoms with Crippen molar-refractivity contribution in [3.63, 3.8) is 0 Å². The molecule has 1 saturated carbocycles. The van der Waals surface area contributed by atoms with E-state index >= 15 is 0 Å². The highest BCUT2D eigenvalue weighted by Crippen LogP contribution is 2.30. The molecule has 1 atom stereocenters. The molecule has 0 bridgehead atoms. The van der Waals surface area contributed by atoms with Crippen molar-refractivity contribution < 1.29 is 22.7 Å². The minimum atomic E-state index is -3.66. The normalized spacial score (nSPS) is 15.6. The van der Waals surface area contributed by atoms with Crippen LogP contribution in [0.4, 0.5) is 0 Å². The fourth-order valence-electron chi connectivity index (χ4n) is 3.62. The van der Waals surface area contributed by atoms with E-state index in [1.165, 1.54) is 12.1 Å². The lowest BCUT2D eigenvalue weighted by molar-refractivity contribution is 0.0939. The van der Waals surface area contributed by atoms with Crippen LogP contribution >= 0.6 is 0 Å². The number of hydrogen-bond donors (Lipinski definition) is 2. The monoisotopic (exact) mass is 432 g/mol. The van der Waals surface area contributed by atoms with Crippen LogP contribution in [0.2, 0.25) is 0 Å². The summed E-state index contributed by atoms with van der Waals surface area (Å²) in [5, 5.41) is 2.90. The molecule has 1 unspecified atom stereocenters. The summed E-state index contributed by atoms with van der Waals surface area (Å²) < 4.78 is 38.6. The van der Waals surface area contributed by atoms with E-state index in [9.17, 15) is 13.2 Å². The number of nitrogens with one attached hydrogen (secondary N) is 2. The highest BCUT2D eigenvalue weighted by Gasteiger charge is 2.24. The first-order chi connectivity index (χ1) is 14.3. The van der Waals surface area contributed by atoms with Gasteiger partial charge in [-0.1, -0.05) is 25.0 Å². The number of methoxy groups -OCH3 is 2. The van der Waals surface area contributed by atoms with Crippen LogP contribution in [-0.4, -0.2) is 34.6 Å². The second kappa shape index (κ2) is 9.49. The molecule has 0 radical (unpaired) electrons. The zero-order chi connectivity index (χ0) is 21.7. The molecular formula is C22H28N2O5S. The summed E-state index contributed by atoms with van der Waals surface area (Å²) in [6, 6.07) is 11.2. The number of carbonyl (C=O) groups is 1. The van der Waals surface area contributed by atoms with Gasteiger partial charge < -0.3 is 14.8 Å². The third kappa shape index (κ3) is 5.12. The lowest BCUT2D eigenvalue weighted by atomic mass is 10.1. The smallest absolute Gasteiger partial charge is 0.251 e. The Labute approximate surface area is 177 Å². The van der Waals surface area contributed by atoms with Crippen LogP contribution in [0.25, 0.3) is 0 Å². The molecular weight excluding hydrogens is 404 g/mol. The molecule has 0 saturated heterocycles. The van der Waals surface area contributed by atoms with E-state index in [0.717, 1.165) is 31.2 Å². The van der Waals surface area contributed by atoms with Gasteiger partial charge in [-0.2, -0.15) is 0 Å². The lowest BCUT2D eigenvalue weighted by Crippen LogP contribution is -2.33. The second-order valence-electron chi connectivity index (χ2n) is 7.44. The average molecular weight is 433 g/mol. The van der Waals surface area contributed by atoms with Crippen molar-refractivity contribution in [3.05, 3.63) is 53.6 Å². The molecule has 1 aliphatic rings. The Bertz CT molecular complexity index is 1000. The van der Waals surface area contributed by atoms with Crippen molar-refractivity contribution >= 4 is 15.9 Å². The van der Waals surface area contributed by atoms with Crippen LogP contribution in [0.5, 0.6) is 11.5 Å². The molecule has 2 aromatic carbocycles. The Kier molecular flexibility index (Phi) is 6.99. The summed E-state index contributed by atoms with van der Waals surface area (Å²) >= 11 is 0. The SMILES string of the molecule is COc1ccc(C(C)NC(=O)c2cccc(S(=O)(=O)NC3CCCC3)c2)cc1OC. The van der Waals surface area contributed by atoms with Gasteiger partial charge in [0.1, 0.15) is 0 Å². The zero-order valence-electron chi connectivity index (χ0n) is 17.5. The van der Waals surface area contributed by atoms with Crippen molar-refractivity contribution in [2.45, 2.75) is 49.6 Å². The van der Waals surface area contributed by atoms with Gasteiger partial charge in [0.05, 0.1) is 25.2 Å². The van der Waals surface area contributed by atoms with Crippen LogP contribution in [0.1, 0.15) is 54.6 Å². The second-order valence-corrected chi connectivity index (χ2v) is 9.15. The molecule has 8 heteroatoms. The van der Waals surface area contributed by atoms with E-state index in [1.807, 2.05) is 13.0 Å². The summed E-state index contributed by atoms with van der Waals surface area (Å²) in [4.78, 5) is 12.8. The van der Waals surface area contributed by atoms with Gasteiger partial charge in [-0.25, -0.2) is 13.1 Å². The van der Waals surface area contributed by atoms with Gasteiger partial charge in [-0.05, 0) is 55.7 Å². The molecule has 1 fully saturated rings. The van der Waals surface area contributed by atoms with Crippen molar-refractivity contribution in [2.75, 3.05) is 14.2 Å². The maximum absolute atomic E-state index is 12.7. The minimum Gasteiger partial charge on any atom is -0.493 e. The van der Waals surface area contributed by atoms with E-state index in [1.54, 1.807) is 38.5 Å². The van der Waals surface area contributed by atoms with Gasteiger partial charge in [0.2, 0.25) is 10.0 Å². The van der Waals surface area contributed by atoms with Gasteiger partial charge in [0, 0.05) is 11.6 Å². The molecule has 2 aromatic rings. The van der Waals surface area contributed by atoms with Gasteiger partial charge in [-0.15, -0.1) is 0 Å². The van der Waals surface area contributed by atoms with Crippen molar-refractivity contribution in [3.8, 4) is 11.5 Å². The van der Waals surface area contributed by atoms with E-state index in [0.29, 0.717) is 11.5 Å². The Hall–Kier alpha value is -2.58. The molecule has 0 aromatic heterocycles. The molecule has 1 aliphatic carbocycles. The van der Waals surface area contributed by atoms with Crippen molar-refractivity contribution in [2.24, 2.45) is 0 Å². The van der Waals surface area contributed by atoms with E-state index < -0.39 is 10.0 Å². The highest BCUT2D eigenvalue weighted by molar-refractivity contribution is 7.89. The predicted molar refractivity (Wildman–Crippen MR) is 114 cm³/mol. The van der Waals surface area contributed by atoms with Crippen LogP contribution in [0.3, 0.4) is 0 Å². The average Bonchev–Trinajstić information content (AvgIpc) is 3.25. The molecule has 0 spiro atoms. The molecule has 0 aliphatic heterocycles. The van der Waals surface area contributed by atoms with E-state index in [-0.39, 0.29) is 28.4 Å². The Morgan fingerprint density at radius 3 is 2.40 bits per heavy atom. The molecule has 1 amide bonds. The number of rotatable bonds is 8. The predicted octanol–water partition coefficient (Wildman–Crippen LogP) is 3.42. The topological polar surface area (TPSA) is 93.7 Å². The molecule has 7 nitrogen and oxygen atoms in total. The van der Waals surface area contributed by atoms with E-state index in [2.05, 4.69) is 10.0 Å². The van der Waals surface area contributed by atoms with Gasteiger partial charge in [-0.3, -0.25) is 4.79 Å². The first-order valence-electron chi connectivity index (χ1n) is 9.99. The van der Waals surface area contributed by atoms with Crippen LogP contribution in [0, 0.1) is 0 Å². The van der Waals surface area contributed by atoms with Gasteiger partial charge >= 0.3 is 0 Å². The third-order valence-electron chi connectivity index (χ3n) is 5.34. The van der Waals surface area contributed by atoms with Crippen molar-refractivity contribution in [1.29, 1.82) is 0 Å². The third-order valence-corrected chi connectivity index (χ3v) is 6.86.